The number of carboxylic acid groups (broad SMARTS) is 1. The van der Waals surface area contributed by atoms with E-state index in [0.29, 0.717) is 49.8 Å². The Balaban J connectivity index is 1.87. The molecule has 112 heavy (non-hydrogen) atoms. The number of primary amides is 1. The van der Waals surface area contributed by atoms with Crippen LogP contribution in [0.4, 0.5) is 0 Å². The van der Waals surface area contributed by atoms with E-state index < -0.39 is 175 Å². The van der Waals surface area contributed by atoms with E-state index in [4.69, 9.17) is 63.1 Å². The quantitative estimate of drug-likeness (QED) is 0.0166. The SMILES string of the molecule is CC(C)C[C@H](NC(=O)[C@H](CCCCN)NC(=O)[C@@H]1CCCN1C(=O)[C@H](CCCN=C(N)N)NC(=O)[C@@H](N)CNC(=O)[C@H](CCCN=C(N)N)NC(=O)[C@H](CCCN=C(N)N)NC(=O)[C@@H](CC(=O)O)NC(=O)[C@H](Cc1ccccc1)NC(=O)CNC(=O)CNC(=O)[C@@H](N)Cc1ccc(O)cc1)C(=O)N[C@@H](CCCCN)C(N)=O. The topological polar surface area (TPSA) is 738 Å². The highest BCUT2D eigenvalue weighted by molar-refractivity contribution is 5.99. The lowest BCUT2D eigenvalue weighted by atomic mass is 10.0. The zero-order chi connectivity index (χ0) is 83.4. The molecule has 2 aromatic rings. The van der Waals surface area contributed by atoms with Crippen LogP contribution in [-0.2, 0) is 80.0 Å². The molecule has 2 aromatic carbocycles. The molecule has 11 atom stereocenters. The van der Waals surface area contributed by atoms with Crippen molar-refractivity contribution in [2.45, 2.75) is 196 Å². The Kier molecular flexibility index (Phi) is 43.1. The van der Waals surface area contributed by atoms with E-state index in [0.717, 1.165) is 0 Å². The fourth-order valence-corrected chi connectivity index (χ4v) is 11.6. The number of hydrogen-bond acceptors (Lipinski definition) is 22. The number of phenols is 1. The molecular weight excluding hydrogens is 1460 g/mol. The highest BCUT2D eigenvalue weighted by Gasteiger charge is 2.41. The van der Waals surface area contributed by atoms with Crippen LogP contribution in [0.5, 0.6) is 5.75 Å². The molecule has 13 amide bonds. The Morgan fingerprint density at radius 1 is 0.464 bits per heavy atom. The van der Waals surface area contributed by atoms with E-state index in [1.165, 1.54) is 17.0 Å². The molecule has 622 valence electrons. The summed E-state index contributed by atoms with van der Waals surface area (Å²) in [6.07, 6.45) is 1.02. The van der Waals surface area contributed by atoms with Crippen LogP contribution in [-0.4, -0.2) is 241 Å². The van der Waals surface area contributed by atoms with E-state index in [1.807, 2.05) is 13.8 Å². The van der Waals surface area contributed by atoms with Gasteiger partial charge in [0.05, 0.1) is 25.6 Å². The number of aliphatic carboxylic acids is 1. The number of carbonyl (C=O) groups excluding carboxylic acids is 13. The Bertz CT molecular complexity index is 3520. The first-order valence-electron chi connectivity index (χ1n) is 37.1. The molecule has 1 aliphatic heterocycles. The molecule has 1 fully saturated rings. The zero-order valence-electron chi connectivity index (χ0n) is 63.5. The number of hydrogen-bond donors (Lipinski definition) is 24. The van der Waals surface area contributed by atoms with Gasteiger partial charge < -0.3 is 137 Å². The predicted molar refractivity (Wildman–Crippen MR) is 414 cm³/mol. The van der Waals surface area contributed by atoms with Crippen molar-refractivity contribution in [1.29, 1.82) is 0 Å². The van der Waals surface area contributed by atoms with Gasteiger partial charge >= 0.3 is 5.97 Å². The monoisotopic (exact) mass is 1580 g/mol. The minimum absolute atomic E-state index is 0.00493. The second-order valence-electron chi connectivity index (χ2n) is 27.3. The average Bonchev–Trinajstić information content (AvgIpc) is 1.63. The third-order valence-electron chi connectivity index (χ3n) is 17.5. The standard InChI is InChI=1S/C70H116N26O16/c1-39(2)32-50(63(108)89-45(57(75)102)16-6-8-26-71)94-62(107)47(17-7-9-27-72)92-66(111)53-21-13-31-96(53)67(112)49(20-12-30-84-70(80)81)93-59(104)44(74)36-86-60(105)46(18-10-28-82-68(76)77)90-61(106)48(19-11-29-83-69(78)79)91-65(110)52(35-56(100)101)95-64(109)51(34-40-14-4-3-5-15-40)88-55(99)38-85-54(98)37-87-58(103)43(73)33-41-22-24-42(97)25-23-41/h3-5,14-15,22-25,39,43-53,97H,6-13,16-21,26-38,71-74H2,1-2H3,(H2,75,102)(H,85,98)(H,86,105)(H,87,103)(H,88,99)(H,89,108)(H,90,106)(H,91,110)(H,92,111)(H,93,104)(H,94,107)(H,95,109)(H,100,101)(H4,76,77,82)(H4,78,79,83)(H4,80,81,84)/t43-,44-,45-,46-,47-,48-,49-,50-,51-,52+,53-/m0/s1. The number of benzene rings is 2. The second kappa shape index (κ2) is 51.0. The van der Waals surface area contributed by atoms with Crippen molar-refractivity contribution >= 4 is 101 Å². The molecule has 35 N–H and O–H groups in total. The van der Waals surface area contributed by atoms with Crippen molar-refractivity contribution in [1.82, 2.24) is 63.4 Å². The van der Waals surface area contributed by atoms with Crippen molar-refractivity contribution in [3.63, 3.8) is 0 Å². The summed E-state index contributed by atoms with van der Waals surface area (Å²) in [4.78, 5) is 205. The van der Waals surface area contributed by atoms with Crippen LogP contribution in [0, 0.1) is 5.92 Å². The predicted octanol–water partition coefficient (Wildman–Crippen LogP) is -8.53. The van der Waals surface area contributed by atoms with Gasteiger partial charge in [0.1, 0.15) is 66.2 Å². The summed E-state index contributed by atoms with van der Waals surface area (Å²) in [5.41, 5.74) is 63.9. The third-order valence-corrected chi connectivity index (χ3v) is 17.5. The summed E-state index contributed by atoms with van der Waals surface area (Å²) in [6, 6.07) is -1.24. The lowest BCUT2D eigenvalue weighted by molar-refractivity contribution is -0.142. The minimum Gasteiger partial charge on any atom is -0.508 e. The van der Waals surface area contributed by atoms with E-state index in [1.54, 1.807) is 42.5 Å². The van der Waals surface area contributed by atoms with Gasteiger partial charge in [0.25, 0.3) is 0 Å². The first-order valence-corrected chi connectivity index (χ1v) is 37.1. The van der Waals surface area contributed by atoms with Crippen LogP contribution in [0.25, 0.3) is 0 Å². The number of rotatable bonds is 53. The van der Waals surface area contributed by atoms with Gasteiger partial charge in [0.2, 0.25) is 76.8 Å². The lowest BCUT2D eigenvalue weighted by Gasteiger charge is -2.31. The van der Waals surface area contributed by atoms with Gasteiger partial charge in [-0.1, -0.05) is 56.3 Å². The number of aliphatic imine (C=N–C) groups is 3. The first-order chi connectivity index (χ1) is 53.1. The van der Waals surface area contributed by atoms with Crippen LogP contribution >= 0.6 is 0 Å². The molecule has 1 saturated heterocycles. The van der Waals surface area contributed by atoms with Crippen molar-refractivity contribution in [2.75, 3.05) is 58.9 Å². The molecule has 42 heteroatoms. The smallest absolute Gasteiger partial charge is 0.305 e. The van der Waals surface area contributed by atoms with Gasteiger partial charge in [-0.3, -0.25) is 82.1 Å². The number of aromatic hydroxyl groups is 1. The third kappa shape index (κ3) is 37.3. The number of guanidine groups is 3. The average molecular weight is 1580 g/mol. The van der Waals surface area contributed by atoms with Crippen LogP contribution in [0.2, 0.25) is 0 Å². The molecule has 0 spiro atoms. The molecule has 0 bridgehead atoms. The van der Waals surface area contributed by atoms with Crippen molar-refractivity contribution < 1.29 is 77.3 Å². The molecular formula is C70H116N26O16. The van der Waals surface area contributed by atoms with Crippen LogP contribution in [0.1, 0.15) is 128 Å². The van der Waals surface area contributed by atoms with E-state index in [2.05, 4.69) is 73.5 Å². The van der Waals surface area contributed by atoms with E-state index in [9.17, 15) is 77.3 Å². The first kappa shape index (κ1) is 94.7. The van der Waals surface area contributed by atoms with Crippen LogP contribution in [0.3, 0.4) is 0 Å². The number of amides is 13. The molecule has 0 saturated carbocycles. The van der Waals surface area contributed by atoms with Crippen LogP contribution in [0.15, 0.2) is 69.6 Å². The molecule has 42 nitrogen and oxygen atoms in total. The maximum absolute atomic E-state index is 14.7. The minimum atomic E-state index is -1.96. The molecule has 1 aliphatic rings. The van der Waals surface area contributed by atoms with Gasteiger partial charge in [0.15, 0.2) is 17.9 Å². The molecule has 0 aliphatic carbocycles. The fourth-order valence-electron chi connectivity index (χ4n) is 11.6. The normalized spacial score (nSPS) is 15.0. The van der Waals surface area contributed by atoms with Gasteiger partial charge in [-0.05, 0) is 145 Å². The Morgan fingerprint density at radius 3 is 1.46 bits per heavy atom. The Morgan fingerprint density at radius 2 is 0.920 bits per heavy atom. The van der Waals surface area contributed by atoms with Crippen molar-refractivity contribution in [2.24, 2.45) is 84.0 Å². The highest BCUT2D eigenvalue weighted by Crippen LogP contribution is 2.22. The number of unbranched alkanes of at least 4 members (excludes halogenated alkanes) is 2. The summed E-state index contributed by atoms with van der Waals surface area (Å²) in [7, 11) is 0. The number of carboxylic acids is 1. The van der Waals surface area contributed by atoms with Crippen LogP contribution < -0.4 is 122 Å². The summed E-state index contributed by atoms with van der Waals surface area (Å²) >= 11 is 0. The zero-order valence-corrected chi connectivity index (χ0v) is 63.5. The largest absolute Gasteiger partial charge is 0.508 e. The van der Waals surface area contributed by atoms with Crippen molar-refractivity contribution in [3.8, 4) is 5.75 Å². The summed E-state index contributed by atoms with van der Waals surface area (Å²) in [5.74, 6) is -14.0. The molecule has 1 heterocycles. The summed E-state index contributed by atoms with van der Waals surface area (Å²) in [5, 5.41) is 47.4. The van der Waals surface area contributed by atoms with Gasteiger partial charge in [-0.25, -0.2) is 0 Å². The Hall–Kier alpha value is -11.5. The highest BCUT2D eigenvalue weighted by atomic mass is 16.4. The second-order valence-corrected chi connectivity index (χ2v) is 27.3. The fraction of sp³-hybridized carbons (Fsp3) is 0.586. The molecule has 0 aromatic heterocycles. The number of likely N-dealkylation sites (tertiary alicyclic amines) is 1. The van der Waals surface area contributed by atoms with Gasteiger partial charge in [-0.15, -0.1) is 0 Å². The summed E-state index contributed by atoms with van der Waals surface area (Å²) in [6.45, 7) is 2.14. The maximum atomic E-state index is 14.7. The van der Waals surface area contributed by atoms with Gasteiger partial charge in [0, 0.05) is 39.1 Å². The number of nitrogens with zero attached hydrogens (tertiary/aromatic N) is 4. The summed E-state index contributed by atoms with van der Waals surface area (Å²) < 4.78 is 0. The number of carbonyl (C=O) groups is 14. The van der Waals surface area contributed by atoms with E-state index in [-0.39, 0.29) is 139 Å². The Labute approximate surface area is 649 Å². The molecule has 3 rings (SSSR count). The van der Waals surface area contributed by atoms with Crippen molar-refractivity contribution in [3.05, 3.63) is 65.7 Å². The van der Waals surface area contributed by atoms with Gasteiger partial charge in [-0.2, -0.15) is 0 Å². The molecule has 0 unspecified atom stereocenters. The number of phenolic OH excluding ortho intramolecular Hbond substituents is 1. The lowest BCUT2D eigenvalue weighted by Crippen LogP contribution is -2.60. The number of nitrogens with one attached hydrogen (secondary N) is 11. The van der Waals surface area contributed by atoms with E-state index >= 15 is 0 Å². The number of nitrogens with two attached hydrogens (primary N) is 11. The molecule has 0 radical (unpaired) electrons. The maximum Gasteiger partial charge on any atom is 0.305 e.